The Morgan fingerprint density at radius 2 is 2.29 bits per heavy atom. The summed E-state index contributed by atoms with van der Waals surface area (Å²) in [6, 6.07) is 0. The second-order valence-corrected chi connectivity index (χ2v) is 5.19. The summed E-state index contributed by atoms with van der Waals surface area (Å²) in [4.78, 5) is 11.5. The van der Waals surface area contributed by atoms with Crippen molar-refractivity contribution in [1.82, 2.24) is 9.97 Å². The van der Waals surface area contributed by atoms with Crippen LogP contribution >= 0.6 is 0 Å². The summed E-state index contributed by atoms with van der Waals surface area (Å²) < 4.78 is 0. The van der Waals surface area contributed by atoms with Gasteiger partial charge in [0.1, 0.15) is 0 Å². The van der Waals surface area contributed by atoms with Gasteiger partial charge in [0.25, 0.3) is 0 Å². The lowest BCUT2D eigenvalue weighted by molar-refractivity contribution is 0.419. The van der Waals surface area contributed by atoms with E-state index >= 15 is 0 Å². The topological polar surface area (TPSA) is 55.0 Å². The number of aromatic nitrogens is 2. The quantitative estimate of drug-likeness (QED) is 0.831. The van der Waals surface area contributed by atoms with E-state index in [4.69, 9.17) is 10.7 Å². The van der Waals surface area contributed by atoms with E-state index in [0.717, 1.165) is 38.4 Å². The Morgan fingerprint density at radius 1 is 1.35 bits per heavy atom. The molecule has 1 unspecified atom stereocenters. The summed E-state index contributed by atoms with van der Waals surface area (Å²) in [6.45, 7) is 2.88. The molecule has 4 heteroatoms. The molecule has 0 spiro atoms. The SMILES string of the molecule is NCC1CCCN(c2ncc3c(n2)CCC3)C1. The van der Waals surface area contributed by atoms with E-state index in [1.807, 2.05) is 6.20 Å². The molecular formula is C13H20N4. The molecule has 0 amide bonds. The van der Waals surface area contributed by atoms with Crippen LogP contribution in [0.5, 0.6) is 0 Å². The Morgan fingerprint density at radius 3 is 3.18 bits per heavy atom. The summed E-state index contributed by atoms with van der Waals surface area (Å²) in [5.41, 5.74) is 8.38. The molecule has 2 N–H and O–H groups in total. The fraction of sp³-hybridized carbons (Fsp3) is 0.692. The third-order valence-corrected chi connectivity index (χ3v) is 3.94. The van der Waals surface area contributed by atoms with Gasteiger partial charge in [-0.05, 0) is 50.1 Å². The zero-order chi connectivity index (χ0) is 11.7. The third-order valence-electron chi connectivity index (χ3n) is 3.94. The number of piperidine rings is 1. The molecule has 2 heterocycles. The lowest BCUT2D eigenvalue weighted by Crippen LogP contribution is -2.39. The minimum absolute atomic E-state index is 0.612. The van der Waals surface area contributed by atoms with E-state index in [1.54, 1.807) is 0 Å². The predicted molar refractivity (Wildman–Crippen MR) is 68.0 cm³/mol. The molecule has 17 heavy (non-hydrogen) atoms. The van der Waals surface area contributed by atoms with Gasteiger partial charge in [-0.3, -0.25) is 0 Å². The number of rotatable bonds is 2. The van der Waals surface area contributed by atoms with Crippen LogP contribution in [0.25, 0.3) is 0 Å². The molecule has 1 aromatic rings. The highest BCUT2D eigenvalue weighted by Crippen LogP contribution is 2.24. The second kappa shape index (κ2) is 4.61. The number of hydrogen-bond donors (Lipinski definition) is 1. The number of fused-ring (bicyclic) bond motifs is 1. The van der Waals surface area contributed by atoms with Crippen molar-refractivity contribution in [1.29, 1.82) is 0 Å². The Balaban J connectivity index is 1.79. The van der Waals surface area contributed by atoms with Crippen LogP contribution in [0.3, 0.4) is 0 Å². The summed E-state index contributed by atoms with van der Waals surface area (Å²) in [7, 11) is 0. The number of nitrogens with two attached hydrogens (primary N) is 1. The molecule has 92 valence electrons. The average molecular weight is 232 g/mol. The van der Waals surface area contributed by atoms with Gasteiger partial charge in [-0.1, -0.05) is 0 Å². The summed E-state index contributed by atoms with van der Waals surface area (Å²) in [6.07, 6.45) is 8.00. The zero-order valence-corrected chi connectivity index (χ0v) is 10.2. The molecule has 1 saturated heterocycles. The highest BCUT2D eigenvalue weighted by atomic mass is 15.3. The number of anilines is 1. The minimum atomic E-state index is 0.612. The van der Waals surface area contributed by atoms with Crippen LogP contribution < -0.4 is 10.6 Å². The van der Waals surface area contributed by atoms with Gasteiger partial charge >= 0.3 is 0 Å². The second-order valence-electron chi connectivity index (χ2n) is 5.19. The monoisotopic (exact) mass is 232 g/mol. The lowest BCUT2D eigenvalue weighted by Gasteiger charge is -2.32. The van der Waals surface area contributed by atoms with Crippen molar-refractivity contribution < 1.29 is 0 Å². The van der Waals surface area contributed by atoms with Crippen molar-refractivity contribution in [3.8, 4) is 0 Å². The molecular weight excluding hydrogens is 212 g/mol. The molecule has 4 nitrogen and oxygen atoms in total. The number of hydrogen-bond acceptors (Lipinski definition) is 4. The average Bonchev–Trinajstić information content (AvgIpc) is 2.86. The standard InChI is InChI=1S/C13H20N4/c14-7-10-3-2-6-17(9-10)13-15-8-11-4-1-5-12(11)16-13/h8,10H,1-7,9,14H2. The van der Waals surface area contributed by atoms with Crippen molar-refractivity contribution in [3.63, 3.8) is 0 Å². The molecule has 3 rings (SSSR count). The zero-order valence-electron chi connectivity index (χ0n) is 10.2. The van der Waals surface area contributed by atoms with Crippen LogP contribution in [0.15, 0.2) is 6.20 Å². The van der Waals surface area contributed by atoms with Crippen LogP contribution in [0, 0.1) is 5.92 Å². The van der Waals surface area contributed by atoms with Crippen molar-refractivity contribution in [2.45, 2.75) is 32.1 Å². The number of nitrogens with zero attached hydrogens (tertiary/aromatic N) is 3. The third kappa shape index (κ3) is 2.14. The molecule has 0 saturated carbocycles. The van der Waals surface area contributed by atoms with Gasteiger partial charge in [-0.25, -0.2) is 9.97 Å². The fourth-order valence-corrected chi connectivity index (χ4v) is 2.89. The summed E-state index contributed by atoms with van der Waals surface area (Å²) in [5.74, 6) is 1.53. The highest BCUT2D eigenvalue weighted by Gasteiger charge is 2.22. The van der Waals surface area contributed by atoms with Crippen LogP contribution in [0.4, 0.5) is 5.95 Å². The van der Waals surface area contributed by atoms with Gasteiger partial charge in [-0.2, -0.15) is 0 Å². The van der Waals surface area contributed by atoms with Crippen molar-refractivity contribution in [2.75, 3.05) is 24.5 Å². The fourth-order valence-electron chi connectivity index (χ4n) is 2.89. The molecule has 0 aromatic carbocycles. The maximum atomic E-state index is 5.77. The first-order valence-corrected chi connectivity index (χ1v) is 6.66. The van der Waals surface area contributed by atoms with Crippen molar-refractivity contribution in [2.24, 2.45) is 11.7 Å². The molecule has 0 radical (unpaired) electrons. The molecule has 1 fully saturated rings. The first-order valence-electron chi connectivity index (χ1n) is 6.66. The summed E-state index contributed by atoms with van der Waals surface area (Å²) in [5, 5.41) is 0. The van der Waals surface area contributed by atoms with Crippen LogP contribution in [-0.2, 0) is 12.8 Å². The van der Waals surface area contributed by atoms with Gasteiger partial charge in [0.05, 0.1) is 0 Å². The van der Waals surface area contributed by atoms with Crippen LogP contribution in [0.2, 0.25) is 0 Å². The maximum Gasteiger partial charge on any atom is 0.225 e. The molecule has 0 bridgehead atoms. The molecule has 2 aliphatic rings. The normalized spacial score (nSPS) is 23.8. The minimum Gasteiger partial charge on any atom is -0.340 e. The molecule has 1 aliphatic heterocycles. The maximum absolute atomic E-state index is 5.77. The lowest BCUT2D eigenvalue weighted by atomic mass is 9.99. The van der Waals surface area contributed by atoms with E-state index in [-0.39, 0.29) is 0 Å². The van der Waals surface area contributed by atoms with Gasteiger partial charge < -0.3 is 10.6 Å². The van der Waals surface area contributed by atoms with E-state index in [2.05, 4.69) is 9.88 Å². The predicted octanol–water partition coefficient (Wildman–Crippen LogP) is 1.14. The van der Waals surface area contributed by atoms with Crippen LogP contribution in [0.1, 0.15) is 30.5 Å². The van der Waals surface area contributed by atoms with E-state index in [9.17, 15) is 0 Å². The highest BCUT2D eigenvalue weighted by molar-refractivity contribution is 5.35. The molecule has 1 aromatic heterocycles. The van der Waals surface area contributed by atoms with E-state index < -0.39 is 0 Å². The summed E-state index contributed by atoms with van der Waals surface area (Å²) >= 11 is 0. The Bertz CT molecular complexity index is 404. The first kappa shape index (κ1) is 11.0. The van der Waals surface area contributed by atoms with Gasteiger partial charge in [0, 0.05) is 25.0 Å². The van der Waals surface area contributed by atoms with Gasteiger partial charge in [0.2, 0.25) is 5.95 Å². The van der Waals surface area contributed by atoms with E-state index in [0.29, 0.717) is 5.92 Å². The molecule has 1 atom stereocenters. The molecule has 1 aliphatic carbocycles. The Kier molecular flexibility index (Phi) is 2.97. The smallest absolute Gasteiger partial charge is 0.225 e. The largest absolute Gasteiger partial charge is 0.340 e. The van der Waals surface area contributed by atoms with Crippen LogP contribution in [-0.4, -0.2) is 29.6 Å². The first-order chi connectivity index (χ1) is 8.36. The van der Waals surface area contributed by atoms with Gasteiger partial charge in [-0.15, -0.1) is 0 Å². The Labute approximate surface area is 102 Å². The van der Waals surface area contributed by atoms with E-state index in [1.165, 1.54) is 30.5 Å². The van der Waals surface area contributed by atoms with Crippen molar-refractivity contribution >= 4 is 5.95 Å². The van der Waals surface area contributed by atoms with Crippen molar-refractivity contribution in [3.05, 3.63) is 17.5 Å². The number of aryl methyl sites for hydroxylation is 2. The Hall–Kier alpha value is -1.16. The van der Waals surface area contributed by atoms with Gasteiger partial charge in [0.15, 0.2) is 0 Å².